The number of rotatable bonds is 7. The van der Waals surface area contributed by atoms with Crippen LogP contribution in [0.5, 0.6) is 0 Å². The summed E-state index contributed by atoms with van der Waals surface area (Å²) in [5, 5.41) is 13.5. The summed E-state index contributed by atoms with van der Waals surface area (Å²) < 4.78 is 0. The normalized spacial score (nSPS) is 20.7. The van der Waals surface area contributed by atoms with E-state index in [9.17, 15) is 9.59 Å². The third kappa shape index (κ3) is 3.87. The maximum atomic E-state index is 12.2. The lowest BCUT2D eigenvalue weighted by atomic mass is 9.88. The number of aromatic nitrogens is 2. The molecule has 2 N–H and O–H groups in total. The first kappa shape index (κ1) is 17.5. The topological polar surface area (TPSA) is 84.0 Å². The summed E-state index contributed by atoms with van der Waals surface area (Å²) in [5.41, 5.74) is 2.95. The molecule has 1 heterocycles. The van der Waals surface area contributed by atoms with Crippen LogP contribution in [0.3, 0.4) is 0 Å². The second kappa shape index (κ2) is 6.92. The van der Waals surface area contributed by atoms with E-state index in [4.69, 9.17) is 0 Å². The van der Waals surface area contributed by atoms with Crippen molar-refractivity contribution in [3.8, 4) is 0 Å². The maximum absolute atomic E-state index is 12.2. The van der Waals surface area contributed by atoms with E-state index < -0.39 is 0 Å². The molecule has 1 aliphatic rings. The highest BCUT2D eigenvalue weighted by atomic mass is 32.1. The van der Waals surface area contributed by atoms with Gasteiger partial charge >= 0.3 is 0 Å². The molecule has 1 aromatic heterocycles. The second-order valence-electron chi connectivity index (χ2n) is 7.08. The van der Waals surface area contributed by atoms with Crippen LogP contribution in [0.1, 0.15) is 38.7 Å². The zero-order chi connectivity index (χ0) is 17.9. The highest BCUT2D eigenvalue weighted by Crippen LogP contribution is 2.63. The molecule has 0 bridgehead atoms. The lowest BCUT2D eigenvalue weighted by molar-refractivity contribution is -0.124. The number of carbonyl (C=O) groups is 2. The molecule has 0 spiro atoms. The highest BCUT2D eigenvalue weighted by Gasteiger charge is 2.61. The van der Waals surface area contributed by atoms with Crippen LogP contribution in [0.25, 0.3) is 0 Å². The van der Waals surface area contributed by atoms with Crippen molar-refractivity contribution in [3.05, 3.63) is 41.4 Å². The molecule has 1 saturated carbocycles. The number of amides is 2. The van der Waals surface area contributed by atoms with Crippen molar-refractivity contribution >= 4 is 28.3 Å². The first-order valence-corrected chi connectivity index (χ1v) is 9.19. The molecular formula is C18H22N4O2S. The van der Waals surface area contributed by atoms with Crippen LogP contribution in [-0.4, -0.2) is 28.6 Å². The molecule has 1 atom stereocenters. The van der Waals surface area contributed by atoms with Crippen molar-refractivity contribution in [1.29, 1.82) is 0 Å². The SMILES string of the molecule is CC1(C)CC1(CNC(=O)CCC(=O)Nc1nncs1)c1ccccc1. The Kier molecular flexibility index (Phi) is 4.85. The van der Waals surface area contributed by atoms with Gasteiger partial charge in [-0.1, -0.05) is 55.5 Å². The molecule has 0 aliphatic heterocycles. The molecule has 3 rings (SSSR count). The van der Waals surface area contributed by atoms with Crippen molar-refractivity contribution in [2.45, 2.75) is 38.5 Å². The summed E-state index contributed by atoms with van der Waals surface area (Å²) in [6.07, 6.45) is 1.34. The van der Waals surface area contributed by atoms with Crippen molar-refractivity contribution in [2.24, 2.45) is 5.41 Å². The first-order valence-electron chi connectivity index (χ1n) is 8.31. The monoisotopic (exact) mass is 358 g/mol. The number of hydrogen-bond acceptors (Lipinski definition) is 5. The van der Waals surface area contributed by atoms with Crippen LogP contribution in [0, 0.1) is 5.41 Å². The molecule has 0 saturated heterocycles. The van der Waals surface area contributed by atoms with Gasteiger partial charge in [0.1, 0.15) is 5.51 Å². The van der Waals surface area contributed by atoms with Gasteiger partial charge in [-0.15, -0.1) is 10.2 Å². The standard InChI is InChI=1S/C18H22N4O2S/c1-17(2)10-18(17,13-6-4-3-5-7-13)11-19-14(23)8-9-15(24)21-16-22-20-12-25-16/h3-7,12H,8-11H2,1-2H3,(H,19,23)(H,21,22,24). The average Bonchev–Trinajstić information content (AvgIpc) is 2.93. The van der Waals surface area contributed by atoms with Crippen LogP contribution < -0.4 is 10.6 Å². The number of hydrogen-bond donors (Lipinski definition) is 2. The van der Waals surface area contributed by atoms with E-state index in [1.165, 1.54) is 16.9 Å². The van der Waals surface area contributed by atoms with E-state index in [-0.39, 0.29) is 35.5 Å². The van der Waals surface area contributed by atoms with Crippen LogP contribution in [0.2, 0.25) is 0 Å². The summed E-state index contributed by atoms with van der Waals surface area (Å²) in [6.45, 7) is 5.05. The van der Waals surface area contributed by atoms with Crippen molar-refractivity contribution < 1.29 is 9.59 Å². The van der Waals surface area contributed by atoms with Gasteiger partial charge in [-0.25, -0.2) is 0 Å². The molecule has 2 amide bonds. The quantitative estimate of drug-likeness (QED) is 0.797. The number of nitrogens with one attached hydrogen (secondary N) is 2. The number of nitrogens with zero attached hydrogens (tertiary/aromatic N) is 2. The van der Waals surface area contributed by atoms with E-state index in [1.54, 1.807) is 5.51 Å². The Morgan fingerprint density at radius 1 is 1.16 bits per heavy atom. The lowest BCUT2D eigenvalue weighted by Crippen LogP contribution is -2.35. The molecule has 6 nitrogen and oxygen atoms in total. The molecule has 1 aliphatic carbocycles. The second-order valence-corrected chi connectivity index (χ2v) is 7.91. The van der Waals surface area contributed by atoms with Crippen molar-refractivity contribution in [1.82, 2.24) is 15.5 Å². The number of anilines is 1. The maximum Gasteiger partial charge on any atom is 0.226 e. The Morgan fingerprint density at radius 3 is 2.44 bits per heavy atom. The highest BCUT2D eigenvalue weighted by molar-refractivity contribution is 7.13. The number of carbonyl (C=O) groups excluding carboxylic acids is 2. The Morgan fingerprint density at radius 2 is 1.84 bits per heavy atom. The van der Waals surface area contributed by atoms with Gasteiger partial charge in [0.15, 0.2) is 0 Å². The van der Waals surface area contributed by atoms with Gasteiger partial charge in [0, 0.05) is 24.8 Å². The molecule has 1 aromatic carbocycles. The minimum atomic E-state index is -0.226. The fraction of sp³-hybridized carbons (Fsp3) is 0.444. The minimum absolute atomic E-state index is 0.0151. The number of benzene rings is 1. The summed E-state index contributed by atoms with van der Waals surface area (Å²) in [6, 6.07) is 10.3. The molecule has 2 aromatic rings. The summed E-state index contributed by atoms with van der Waals surface area (Å²) in [4.78, 5) is 24.0. The van der Waals surface area contributed by atoms with E-state index in [2.05, 4.69) is 46.8 Å². The van der Waals surface area contributed by atoms with Gasteiger partial charge in [0.25, 0.3) is 0 Å². The summed E-state index contributed by atoms with van der Waals surface area (Å²) in [5.74, 6) is -0.332. The van der Waals surface area contributed by atoms with Gasteiger partial charge in [-0.2, -0.15) is 0 Å². The predicted molar refractivity (Wildman–Crippen MR) is 97.3 cm³/mol. The zero-order valence-corrected chi connectivity index (χ0v) is 15.2. The van der Waals surface area contributed by atoms with E-state index >= 15 is 0 Å². The van der Waals surface area contributed by atoms with E-state index in [0.717, 1.165) is 6.42 Å². The van der Waals surface area contributed by atoms with Crippen molar-refractivity contribution in [3.63, 3.8) is 0 Å². The molecular weight excluding hydrogens is 336 g/mol. The van der Waals surface area contributed by atoms with E-state index in [1.807, 2.05) is 18.2 Å². The van der Waals surface area contributed by atoms with Gasteiger partial charge < -0.3 is 10.6 Å². The van der Waals surface area contributed by atoms with Crippen LogP contribution >= 0.6 is 11.3 Å². The Bertz CT molecular complexity index is 746. The fourth-order valence-electron chi connectivity index (χ4n) is 3.34. The van der Waals surface area contributed by atoms with Gasteiger partial charge in [-0.05, 0) is 17.4 Å². The van der Waals surface area contributed by atoms with Gasteiger partial charge in [0.05, 0.1) is 0 Å². The molecule has 1 fully saturated rings. The van der Waals surface area contributed by atoms with Crippen molar-refractivity contribution in [2.75, 3.05) is 11.9 Å². The van der Waals surface area contributed by atoms with E-state index in [0.29, 0.717) is 11.7 Å². The fourth-order valence-corrected chi connectivity index (χ4v) is 3.80. The zero-order valence-electron chi connectivity index (χ0n) is 14.4. The molecule has 132 valence electrons. The molecule has 0 radical (unpaired) electrons. The van der Waals surface area contributed by atoms with Crippen LogP contribution in [-0.2, 0) is 15.0 Å². The Balaban J connectivity index is 1.49. The lowest BCUT2D eigenvalue weighted by Gasteiger charge is -2.22. The Labute approximate surface area is 151 Å². The average molecular weight is 358 g/mol. The smallest absolute Gasteiger partial charge is 0.226 e. The van der Waals surface area contributed by atoms with Gasteiger partial charge in [0.2, 0.25) is 16.9 Å². The first-order chi connectivity index (χ1) is 11.9. The Hall–Kier alpha value is -2.28. The third-order valence-electron chi connectivity index (χ3n) is 5.01. The minimum Gasteiger partial charge on any atom is -0.355 e. The van der Waals surface area contributed by atoms with Gasteiger partial charge in [-0.3, -0.25) is 9.59 Å². The molecule has 1 unspecified atom stereocenters. The predicted octanol–water partition coefficient (Wildman–Crippen LogP) is 2.74. The molecule has 25 heavy (non-hydrogen) atoms. The summed E-state index contributed by atoms with van der Waals surface area (Å²) in [7, 11) is 0. The van der Waals surface area contributed by atoms with Crippen LogP contribution in [0.15, 0.2) is 35.8 Å². The third-order valence-corrected chi connectivity index (χ3v) is 5.62. The largest absolute Gasteiger partial charge is 0.355 e. The van der Waals surface area contributed by atoms with Crippen LogP contribution in [0.4, 0.5) is 5.13 Å². The molecule has 7 heteroatoms. The summed E-state index contributed by atoms with van der Waals surface area (Å²) >= 11 is 1.25.